The van der Waals surface area contributed by atoms with Crippen LogP contribution in [-0.4, -0.2) is 52.8 Å². The summed E-state index contributed by atoms with van der Waals surface area (Å²) < 4.78 is 0. The molecule has 21 heavy (non-hydrogen) atoms. The second kappa shape index (κ2) is 5.95. The number of carbonyl (C=O) groups excluding carboxylic acids is 2. The summed E-state index contributed by atoms with van der Waals surface area (Å²) in [6, 6.07) is 3.83. The number of aryl methyl sites for hydroxylation is 1. The lowest BCUT2D eigenvalue weighted by Gasteiger charge is -2.34. The number of thiazole rings is 1. The number of nitrogens with zero attached hydrogens (tertiary/aromatic N) is 3. The van der Waals surface area contributed by atoms with Crippen LogP contribution in [0.15, 0.2) is 23.0 Å². The molecule has 5 nitrogen and oxygen atoms in total. The molecule has 0 unspecified atom stereocenters. The van der Waals surface area contributed by atoms with Gasteiger partial charge in [-0.15, -0.1) is 22.7 Å². The minimum atomic E-state index is -0.0460. The maximum Gasteiger partial charge on any atom is 0.273 e. The highest BCUT2D eigenvalue weighted by Crippen LogP contribution is 2.18. The van der Waals surface area contributed by atoms with Crippen LogP contribution in [-0.2, 0) is 0 Å². The van der Waals surface area contributed by atoms with Gasteiger partial charge in [-0.05, 0) is 19.1 Å². The van der Waals surface area contributed by atoms with Gasteiger partial charge in [-0.1, -0.05) is 0 Å². The highest BCUT2D eigenvalue weighted by molar-refractivity contribution is 7.13. The molecular formula is C14H15N3O2S2. The quantitative estimate of drug-likeness (QED) is 0.851. The largest absolute Gasteiger partial charge is 0.334 e. The standard InChI is InChI=1S/C14H15N3O2S2/c1-10-2-3-12(21-10)14(19)17-6-4-16(5-7-17)13(18)11-8-20-9-15-11/h2-3,8-9H,4-7H2,1H3. The molecule has 0 aromatic carbocycles. The number of piperazine rings is 1. The fraction of sp³-hybridized carbons (Fsp3) is 0.357. The molecule has 0 saturated carbocycles. The van der Waals surface area contributed by atoms with Crippen molar-refractivity contribution in [2.45, 2.75) is 6.92 Å². The molecule has 2 aromatic heterocycles. The summed E-state index contributed by atoms with van der Waals surface area (Å²) in [4.78, 5) is 34.0. The average molecular weight is 321 g/mol. The summed E-state index contributed by atoms with van der Waals surface area (Å²) in [5.41, 5.74) is 2.15. The zero-order chi connectivity index (χ0) is 14.8. The van der Waals surface area contributed by atoms with E-state index in [2.05, 4.69) is 4.98 Å². The van der Waals surface area contributed by atoms with E-state index < -0.39 is 0 Å². The third kappa shape index (κ3) is 2.98. The average Bonchev–Trinajstić information content (AvgIpc) is 3.17. The van der Waals surface area contributed by atoms with Crippen LogP contribution in [0.25, 0.3) is 0 Å². The second-order valence-electron chi connectivity index (χ2n) is 4.87. The van der Waals surface area contributed by atoms with Crippen LogP contribution in [0.2, 0.25) is 0 Å². The Morgan fingerprint density at radius 3 is 2.29 bits per heavy atom. The van der Waals surface area contributed by atoms with E-state index >= 15 is 0 Å². The first-order valence-corrected chi connectivity index (χ1v) is 8.44. The molecule has 0 atom stereocenters. The lowest BCUT2D eigenvalue weighted by molar-refractivity contribution is 0.0535. The van der Waals surface area contributed by atoms with E-state index in [1.807, 2.05) is 24.0 Å². The molecular weight excluding hydrogens is 306 g/mol. The van der Waals surface area contributed by atoms with E-state index in [-0.39, 0.29) is 11.8 Å². The summed E-state index contributed by atoms with van der Waals surface area (Å²) in [7, 11) is 0. The van der Waals surface area contributed by atoms with Crippen molar-refractivity contribution in [1.82, 2.24) is 14.8 Å². The van der Waals surface area contributed by atoms with Gasteiger partial charge in [0.05, 0.1) is 10.4 Å². The predicted octanol–water partition coefficient (Wildman–Crippen LogP) is 2.11. The molecule has 110 valence electrons. The van der Waals surface area contributed by atoms with Crippen LogP contribution < -0.4 is 0 Å². The summed E-state index contributed by atoms with van der Waals surface area (Å²) in [6.45, 7) is 4.27. The molecule has 7 heteroatoms. The Hall–Kier alpha value is -1.73. The maximum absolute atomic E-state index is 12.3. The highest BCUT2D eigenvalue weighted by atomic mass is 32.1. The SMILES string of the molecule is Cc1ccc(C(=O)N2CCN(C(=O)c3cscn3)CC2)s1. The molecule has 0 radical (unpaired) electrons. The van der Waals surface area contributed by atoms with Gasteiger partial charge in [0.2, 0.25) is 0 Å². The van der Waals surface area contributed by atoms with Crippen molar-refractivity contribution >= 4 is 34.5 Å². The van der Waals surface area contributed by atoms with Crippen molar-refractivity contribution in [3.63, 3.8) is 0 Å². The van der Waals surface area contributed by atoms with Gasteiger partial charge < -0.3 is 9.80 Å². The predicted molar refractivity (Wildman–Crippen MR) is 83.0 cm³/mol. The van der Waals surface area contributed by atoms with Crippen LogP contribution in [0.4, 0.5) is 0 Å². The molecule has 1 aliphatic rings. The van der Waals surface area contributed by atoms with Gasteiger partial charge in [0.15, 0.2) is 0 Å². The van der Waals surface area contributed by atoms with Gasteiger partial charge in [-0.25, -0.2) is 4.98 Å². The molecule has 0 bridgehead atoms. The zero-order valence-corrected chi connectivity index (χ0v) is 13.2. The van der Waals surface area contributed by atoms with E-state index in [0.717, 1.165) is 9.75 Å². The molecule has 2 aromatic rings. The highest BCUT2D eigenvalue weighted by Gasteiger charge is 2.26. The van der Waals surface area contributed by atoms with Crippen molar-refractivity contribution < 1.29 is 9.59 Å². The van der Waals surface area contributed by atoms with E-state index in [1.54, 1.807) is 15.8 Å². The normalized spacial score (nSPS) is 15.3. The summed E-state index contributed by atoms with van der Waals surface area (Å²) >= 11 is 2.93. The zero-order valence-electron chi connectivity index (χ0n) is 11.6. The van der Waals surface area contributed by atoms with Crippen LogP contribution in [0.5, 0.6) is 0 Å². The number of rotatable bonds is 2. The molecule has 0 spiro atoms. The Morgan fingerprint density at radius 1 is 1.10 bits per heavy atom. The molecule has 2 amide bonds. The lowest BCUT2D eigenvalue weighted by Crippen LogP contribution is -2.50. The van der Waals surface area contributed by atoms with Gasteiger partial charge in [-0.2, -0.15) is 0 Å². The topological polar surface area (TPSA) is 53.5 Å². The number of hydrogen-bond acceptors (Lipinski definition) is 5. The first-order chi connectivity index (χ1) is 10.1. The second-order valence-corrected chi connectivity index (χ2v) is 6.87. The Balaban J connectivity index is 1.60. The minimum absolute atomic E-state index is 0.0460. The third-order valence-electron chi connectivity index (χ3n) is 3.46. The Morgan fingerprint density at radius 2 is 1.76 bits per heavy atom. The fourth-order valence-corrected chi connectivity index (χ4v) is 3.66. The number of carbonyl (C=O) groups is 2. The van der Waals surface area contributed by atoms with E-state index in [1.165, 1.54) is 22.7 Å². The number of aromatic nitrogens is 1. The number of hydrogen-bond donors (Lipinski definition) is 0. The van der Waals surface area contributed by atoms with Crippen LogP contribution in [0.1, 0.15) is 25.0 Å². The van der Waals surface area contributed by atoms with E-state index in [0.29, 0.717) is 31.9 Å². The van der Waals surface area contributed by atoms with Crippen molar-refractivity contribution in [1.29, 1.82) is 0 Å². The van der Waals surface area contributed by atoms with Gasteiger partial charge in [0.25, 0.3) is 11.8 Å². The molecule has 3 rings (SSSR count). The van der Waals surface area contributed by atoms with Crippen molar-refractivity contribution in [3.8, 4) is 0 Å². The summed E-state index contributed by atoms with van der Waals surface area (Å²) in [6.07, 6.45) is 0. The van der Waals surface area contributed by atoms with E-state index in [4.69, 9.17) is 0 Å². The minimum Gasteiger partial charge on any atom is -0.334 e. The van der Waals surface area contributed by atoms with Gasteiger partial charge in [-0.3, -0.25) is 9.59 Å². The number of amides is 2. The van der Waals surface area contributed by atoms with E-state index in [9.17, 15) is 9.59 Å². The van der Waals surface area contributed by atoms with Crippen LogP contribution >= 0.6 is 22.7 Å². The first-order valence-electron chi connectivity index (χ1n) is 6.68. The fourth-order valence-electron chi connectivity index (χ4n) is 2.30. The monoisotopic (exact) mass is 321 g/mol. The molecule has 0 N–H and O–H groups in total. The maximum atomic E-state index is 12.3. The first kappa shape index (κ1) is 14.2. The Labute approximate surface area is 130 Å². The van der Waals surface area contributed by atoms with Gasteiger partial charge in [0, 0.05) is 36.4 Å². The molecule has 1 fully saturated rings. The van der Waals surface area contributed by atoms with Crippen molar-refractivity contribution in [2.24, 2.45) is 0 Å². The molecule has 1 saturated heterocycles. The van der Waals surface area contributed by atoms with Gasteiger partial charge >= 0.3 is 0 Å². The Bertz CT molecular complexity index is 643. The third-order valence-corrected chi connectivity index (χ3v) is 5.03. The molecule has 0 aliphatic carbocycles. The van der Waals surface area contributed by atoms with Crippen molar-refractivity contribution in [2.75, 3.05) is 26.2 Å². The summed E-state index contributed by atoms with van der Waals surface area (Å²) in [5.74, 6) is 0.0178. The van der Waals surface area contributed by atoms with Crippen LogP contribution in [0.3, 0.4) is 0 Å². The van der Waals surface area contributed by atoms with Crippen LogP contribution in [0, 0.1) is 6.92 Å². The lowest BCUT2D eigenvalue weighted by atomic mass is 10.2. The van der Waals surface area contributed by atoms with Crippen molar-refractivity contribution in [3.05, 3.63) is 38.5 Å². The smallest absolute Gasteiger partial charge is 0.273 e. The number of thiophene rings is 1. The molecule has 3 heterocycles. The Kier molecular flexibility index (Phi) is 4.03. The summed E-state index contributed by atoms with van der Waals surface area (Å²) in [5, 5.41) is 1.76. The molecule has 1 aliphatic heterocycles. The van der Waals surface area contributed by atoms with Gasteiger partial charge in [0.1, 0.15) is 5.69 Å².